The first-order valence-corrected chi connectivity index (χ1v) is 5.53. The van der Waals surface area contributed by atoms with E-state index in [1.54, 1.807) is 18.2 Å². The highest BCUT2D eigenvalue weighted by atomic mass is 16.3. The van der Waals surface area contributed by atoms with Gasteiger partial charge < -0.3 is 16.2 Å². The average molecular weight is 242 g/mol. The van der Waals surface area contributed by atoms with Crippen molar-refractivity contribution < 1.29 is 9.90 Å². The number of carbonyl (C=O) groups is 1. The van der Waals surface area contributed by atoms with Gasteiger partial charge in [0.15, 0.2) is 5.75 Å². The third-order valence-electron chi connectivity index (χ3n) is 2.62. The van der Waals surface area contributed by atoms with Gasteiger partial charge in [-0.25, -0.2) is 0 Å². The highest BCUT2D eigenvalue weighted by Gasteiger charge is 2.12. The minimum Gasteiger partial charge on any atom is -0.505 e. The number of phenols is 1. The minimum atomic E-state index is -0.386. The van der Waals surface area contributed by atoms with Crippen molar-refractivity contribution in [1.29, 1.82) is 0 Å². The van der Waals surface area contributed by atoms with Crippen LogP contribution in [0.25, 0.3) is 0 Å². The van der Waals surface area contributed by atoms with Crippen LogP contribution in [0.4, 0.5) is 11.4 Å². The first-order chi connectivity index (χ1) is 8.58. The topological polar surface area (TPSA) is 75.4 Å². The summed E-state index contributed by atoms with van der Waals surface area (Å²) < 4.78 is 0. The second kappa shape index (κ2) is 4.79. The van der Waals surface area contributed by atoms with E-state index in [0.717, 1.165) is 5.56 Å². The van der Waals surface area contributed by atoms with Gasteiger partial charge in [0, 0.05) is 5.69 Å². The largest absolute Gasteiger partial charge is 0.505 e. The summed E-state index contributed by atoms with van der Waals surface area (Å²) in [5.41, 5.74) is 7.68. The summed E-state index contributed by atoms with van der Waals surface area (Å²) in [5.74, 6) is -0.578. The van der Waals surface area contributed by atoms with E-state index in [1.807, 2.05) is 19.1 Å². The highest BCUT2D eigenvalue weighted by Crippen LogP contribution is 2.25. The number of para-hydroxylation sites is 1. The van der Waals surface area contributed by atoms with Crippen molar-refractivity contribution in [2.24, 2.45) is 0 Å². The van der Waals surface area contributed by atoms with Gasteiger partial charge in [-0.3, -0.25) is 4.79 Å². The van der Waals surface area contributed by atoms with E-state index in [4.69, 9.17) is 5.73 Å². The molecule has 0 fully saturated rings. The summed E-state index contributed by atoms with van der Waals surface area (Å²) in [4.78, 5) is 11.9. The fourth-order valence-corrected chi connectivity index (χ4v) is 1.58. The summed E-state index contributed by atoms with van der Waals surface area (Å²) >= 11 is 0. The van der Waals surface area contributed by atoms with E-state index < -0.39 is 0 Å². The number of benzene rings is 2. The number of anilines is 2. The zero-order chi connectivity index (χ0) is 13.1. The molecule has 0 atom stereocenters. The van der Waals surface area contributed by atoms with Crippen LogP contribution in [-0.4, -0.2) is 11.0 Å². The fraction of sp³-hybridized carbons (Fsp3) is 0.0714. The van der Waals surface area contributed by atoms with Crippen molar-refractivity contribution >= 4 is 17.3 Å². The van der Waals surface area contributed by atoms with Gasteiger partial charge >= 0.3 is 0 Å². The number of nitrogen functional groups attached to an aromatic ring is 1. The third kappa shape index (κ3) is 2.43. The first-order valence-electron chi connectivity index (χ1n) is 5.53. The van der Waals surface area contributed by atoms with E-state index in [0.29, 0.717) is 5.69 Å². The molecule has 0 spiro atoms. The van der Waals surface area contributed by atoms with Gasteiger partial charge in [0.05, 0.1) is 11.3 Å². The number of hydrogen-bond donors (Lipinski definition) is 3. The van der Waals surface area contributed by atoms with Gasteiger partial charge in [0.25, 0.3) is 5.91 Å². The SMILES string of the molecule is Cc1ccc(NC(=O)c2cccc(N)c2O)cc1. The average Bonchev–Trinajstić information content (AvgIpc) is 2.35. The van der Waals surface area contributed by atoms with Gasteiger partial charge in [-0.2, -0.15) is 0 Å². The maximum Gasteiger partial charge on any atom is 0.259 e. The Morgan fingerprint density at radius 1 is 1.17 bits per heavy atom. The summed E-state index contributed by atoms with van der Waals surface area (Å²) in [6, 6.07) is 12.1. The maximum absolute atomic E-state index is 11.9. The van der Waals surface area contributed by atoms with Crippen LogP contribution in [0.15, 0.2) is 42.5 Å². The van der Waals surface area contributed by atoms with Crippen molar-refractivity contribution in [2.45, 2.75) is 6.92 Å². The van der Waals surface area contributed by atoms with Gasteiger partial charge in [-0.1, -0.05) is 23.8 Å². The monoisotopic (exact) mass is 242 g/mol. The number of hydrogen-bond acceptors (Lipinski definition) is 3. The lowest BCUT2D eigenvalue weighted by molar-refractivity contribution is 0.102. The lowest BCUT2D eigenvalue weighted by Crippen LogP contribution is -2.12. The quantitative estimate of drug-likeness (QED) is 0.559. The molecular formula is C14H14N2O2. The molecule has 0 aliphatic rings. The summed E-state index contributed by atoms with van der Waals surface area (Å²) in [5, 5.41) is 12.4. The van der Waals surface area contributed by atoms with Gasteiger partial charge in [-0.05, 0) is 31.2 Å². The Balaban J connectivity index is 2.22. The molecule has 1 amide bonds. The molecule has 0 radical (unpaired) electrons. The number of carbonyl (C=O) groups excluding carboxylic acids is 1. The molecule has 0 bridgehead atoms. The molecule has 4 nitrogen and oxygen atoms in total. The van der Waals surface area contributed by atoms with E-state index in [9.17, 15) is 9.90 Å². The first kappa shape index (κ1) is 12.0. The summed E-state index contributed by atoms with van der Waals surface area (Å²) in [7, 11) is 0. The second-order valence-electron chi connectivity index (χ2n) is 4.06. The number of amides is 1. The van der Waals surface area contributed by atoms with Crippen LogP contribution in [-0.2, 0) is 0 Å². The van der Waals surface area contributed by atoms with Gasteiger partial charge in [-0.15, -0.1) is 0 Å². The van der Waals surface area contributed by atoms with Crippen LogP contribution in [0.2, 0.25) is 0 Å². The van der Waals surface area contributed by atoms with E-state index in [2.05, 4.69) is 5.32 Å². The standard InChI is InChI=1S/C14H14N2O2/c1-9-5-7-10(8-6-9)16-14(18)11-3-2-4-12(15)13(11)17/h2-8,17H,15H2,1H3,(H,16,18). The molecule has 4 heteroatoms. The number of rotatable bonds is 2. The molecule has 2 aromatic rings. The zero-order valence-electron chi connectivity index (χ0n) is 9.97. The lowest BCUT2D eigenvalue weighted by Gasteiger charge is -2.08. The smallest absolute Gasteiger partial charge is 0.259 e. The van der Waals surface area contributed by atoms with Crippen molar-refractivity contribution in [3.05, 3.63) is 53.6 Å². The van der Waals surface area contributed by atoms with Crippen LogP contribution in [0, 0.1) is 6.92 Å². The highest BCUT2D eigenvalue weighted by molar-refractivity contribution is 6.07. The van der Waals surface area contributed by atoms with E-state index in [1.165, 1.54) is 12.1 Å². The van der Waals surface area contributed by atoms with Gasteiger partial charge in [0.1, 0.15) is 0 Å². The molecule has 0 unspecified atom stereocenters. The molecule has 2 rings (SSSR count). The molecule has 0 saturated heterocycles. The van der Waals surface area contributed by atoms with Gasteiger partial charge in [0.2, 0.25) is 0 Å². The van der Waals surface area contributed by atoms with E-state index >= 15 is 0 Å². The van der Waals surface area contributed by atoms with E-state index in [-0.39, 0.29) is 22.9 Å². The molecule has 2 aromatic carbocycles. The molecule has 0 aromatic heterocycles. The fourth-order valence-electron chi connectivity index (χ4n) is 1.58. The molecule has 0 heterocycles. The van der Waals surface area contributed by atoms with Crippen LogP contribution in [0.3, 0.4) is 0 Å². The molecular weight excluding hydrogens is 228 g/mol. The lowest BCUT2D eigenvalue weighted by atomic mass is 10.1. The van der Waals surface area contributed by atoms with Crippen molar-refractivity contribution in [1.82, 2.24) is 0 Å². The van der Waals surface area contributed by atoms with Crippen LogP contribution < -0.4 is 11.1 Å². The molecule has 92 valence electrons. The number of aryl methyl sites for hydroxylation is 1. The maximum atomic E-state index is 11.9. The molecule has 0 aliphatic carbocycles. The number of nitrogens with one attached hydrogen (secondary N) is 1. The predicted octanol–water partition coefficient (Wildman–Crippen LogP) is 2.54. The normalized spacial score (nSPS) is 10.1. The van der Waals surface area contributed by atoms with Crippen molar-refractivity contribution in [2.75, 3.05) is 11.1 Å². The number of aromatic hydroxyl groups is 1. The third-order valence-corrected chi connectivity index (χ3v) is 2.62. The Morgan fingerprint density at radius 2 is 1.83 bits per heavy atom. The Morgan fingerprint density at radius 3 is 2.50 bits per heavy atom. The Bertz CT molecular complexity index is 577. The minimum absolute atomic E-state index is 0.163. The molecule has 0 saturated carbocycles. The molecule has 4 N–H and O–H groups in total. The van der Waals surface area contributed by atoms with Crippen LogP contribution >= 0.6 is 0 Å². The zero-order valence-corrected chi connectivity index (χ0v) is 9.97. The number of phenolic OH excluding ortho intramolecular Hbond substituents is 1. The van der Waals surface area contributed by atoms with Crippen LogP contribution in [0.5, 0.6) is 5.75 Å². The molecule has 18 heavy (non-hydrogen) atoms. The Kier molecular flexibility index (Phi) is 3.19. The van der Waals surface area contributed by atoms with Crippen LogP contribution in [0.1, 0.15) is 15.9 Å². The molecule has 0 aliphatic heterocycles. The Labute approximate surface area is 105 Å². The van der Waals surface area contributed by atoms with Crippen molar-refractivity contribution in [3.63, 3.8) is 0 Å². The predicted molar refractivity (Wildman–Crippen MR) is 71.7 cm³/mol. The Hall–Kier alpha value is -2.49. The van der Waals surface area contributed by atoms with Crippen molar-refractivity contribution in [3.8, 4) is 5.75 Å². The second-order valence-corrected chi connectivity index (χ2v) is 4.06. The summed E-state index contributed by atoms with van der Waals surface area (Å²) in [6.07, 6.45) is 0. The number of nitrogens with two attached hydrogens (primary N) is 1. The summed E-state index contributed by atoms with van der Waals surface area (Å²) in [6.45, 7) is 1.97.